The first-order valence-electron chi connectivity index (χ1n) is 10.7. The van der Waals surface area contributed by atoms with Crippen molar-refractivity contribution >= 4 is 29.1 Å². The molecule has 0 aliphatic carbocycles. The fourth-order valence-corrected chi connectivity index (χ4v) is 4.08. The Morgan fingerprint density at radius 2 is 1.84 bits per heavy atom. The molecule has 170 valence electrons. The van der Waals surface area contributed by atoms with Crippen molar-refractivity contribution in [3.63, 3.8) is 0 Å². The molecule has 1 saturated heterocycles. The number of aryl methyl sites for hydroxylation is 1. The standard InChI is InChI=1S/C25H28ClNO5/c1-4-16-7-9-17(10-8-16)22-21(24(29)25(30)27(22)13-6-14-31-3)23(28)18-11-12-20(32-5-2)19(26)15-18/h7-12,15,22,28H,4-6,13-14H2,1-3H3/t22-/m0/s1. The second-order valence-corrected chi connectivity index (χ2v) is 7.92. The Morgan fingerprint density at radius 1 is 1.12 bits per heavy atom. The summed E-state index contributed by atoms with van der Waals surface area (Å²) in [5.74, 6) is -1.12. The lowest BCUT2D eigenvalue weighted by molar-refractivity contribution is -0.140. The van der Waals surface area contributed by atoms with Crippen LogP contribution in [0.15, 0.2) is 48.0 Å². The molecule has 32 heavy (non-hydrogen) atoms. The van der Waals surface area contributed by atoms with E-state index in [1.165, 1.54) is 11.0 Å². The SMILES string of the molecule is CCOc1ccc(C(O)=C2C(=O)C(=O)N(CCCOC)[C@H]2c2ccc(CC)cc2)cc1Cl. The molecular weight excluding hydrogens is 430 g/mol. The molecular formula is C25H28ClNO5. The molecule has 6 nitrogen and oxygen atoms in total. The maximum absolute atomic E-state index is 13.0. The summed E-state index contributed by atoms with van der Waals surface area (Å²) in [6.45, 7) is 5.14. The molecule has 0 unspecified atom stereocenters. The Labute approximate surface area is 193 Å². The van der Waals surface area contributed by atoms with Gasteiger partial charge in [-0.1, -0.05) is 42.8 Å². The molecule has 0 aromatic heterocycles. The average molecular weight is 458 g/mol. The molecule has 0 radical (unpaired) electrons. The first kappa shape index (κ1) is 23.8. The quantitative estimate of drug-likeness (QED) is 0.254. The van der Waals surface area contributed by atoms with E-state index in [0.29, 0.717) is 42.5 Å². The number of likely N-dealkylation sites (tertiary alicyclic amines) is 1. The van der Waals surface area contributed by atoms with Gasteiger partial charge in [0.05, 0.1) is 23.2 Å². The molecule has 1 heterocycles. The zero-order valence-corrected chi connectivity index (χ0v) is 19.3. The highest BCUT2D eigenvalue weighted by molar-refractivity contribution is 6.46. The summed E-state index contributed by atoms with van der Waals surface area (Å²) in [7, 11) is 1.59. The molecule has 1 aliphatic heterocycles. The molecule has 7 heteroatoms. The summed E-state index contributed by atoms with van der Waals surface area (Å²) < 4.78 is 10.6. The van der Waals surface area contributed by atoms with E-state index in [1.807, 2.05) is 31.2 Å². The van der Waals surface area contributed by atoms with Crippen LogP contribution in [0.5, 0.6) is 5.75 Å². The normalized spacial score (nSPS) is 17.8. The molecule has 1 aliphatic rings. The predicted molar refractivity (Wildman–Crippen MR) is 124 cm³/mol. The van der Waals surface area contributed by atoms with Gasteiger partial charge in [-0.15, -0.1) is 0 Å². The summed E-state index contributed by atoms with van der Waals surface area (Å²) >= 11 is 6.29. The van der Waals surface area contributed by atoms with Gasteiger partial charge >= 0.3 is 0 Å². The number of carbonyl (C=O) groups excluding carboxylic acids is 2. The number of ketones is 1. The number of ether oxygens (including phenoxy) is 2. The van der Waals surface area contributed by atoms with Crippen molar-refractivity contribution in [2.75, 3.05) is 26.9 Å². The van der Waals surface area contributed by atoms with Crippen molar-refractivity contribution < 1.29 is 24.2 Å². The Balaban J connectivity index is 2.10. The van der Waals surface area contributed by atoms with E-state index in [2.05, 4.69) is 6.92 Å². The third-order valence-corrected chi connectivity index (χ3v) is 5.79. The smallest absolute Gasteiger partial charge is 0.295 e. The number of hydrogen-bond donors (Lipinski definition) is 1. The van der Waals surface area contributed by atoms with Gasteiger partial charge in [0.2, 0.25) is 0 Å². The van der Waals surface area contributed by atoms with Gasteiger partial charge in [0.15, 0.2) is 0 Å². The minimum absolute atomic E-state index is 0.0527. The minimum Gasteiger partial charge on any atom is -0.507 e. The maximum atomic E-state index is 13.0. The Morgan fingerprint density at radius 3 is 2.44 bits per heavy atom. The number of hydrogen-bond acceptors (Lipinski definition) is 5. The minimum atomic E-state index is -0.713. The van der Waals surface area contributed by atoms with Crippen LogP contribution < -0.4 is 4.74 Å². The van der Waals surface area contributed by atoms with Gasteiger partial charge in [0, 0.05) is 25.8 Å². The predicted octanol–water partition coefficient (Wildman–Crippen LogP) is 4.76. The second kappa shape index (κ2) is 10.7. The van der Waals surface area contributed by atoms with E-state index >= 15 is 0 Å². The highest BCUT2D eigenvalue weighted by Gasteiger charge is 2.45. The Bertz CT molecular complexity index is 1020. The van der Waals surface area contributed by atoms with E-state index < -0.39 is 17.7 Å². The summed E-state index contributed by atoms with van der Waals surface area (Å²) in [6, 6.07) is 11.9. The number of Topliss-reactive ketones (excluding diaryl/α,β-unsaturated/α-hetero) is 1. The molecule has 1 amide bonds. The molecule has 0 spiro atoms. The molecule has 0 bridgehead atoms. The number of amides is 1. The van der Waals surface area contributed by atoms with Crippen LogP contribution in [-0.2, 0) is 20.7 Å². The van der Waals surface area contributed by atoms with Crippen molar-refractivity contribution in [3.05, 3.63) is 69.8 Å². The van der Waals surface area contributed by atoms with Gasteiger partial charge in [0.1, 0.15) is 11.5 Å². The zero-order chi connectivity index (χ0) is 23.3. The number of methoxy groups -OCH3 is 1. The van der Waals surface area contributed by atoms with Crippen molar-refractivity contribution in [1.82, 2.24) is 4.90 Å². The molecule has 1 fully saturated rings. The molecule has 1 N–H and O–H groups in total. The van der Waals surface area contributed by atoms with Gasteiger partial charge < -0.3 is 19.5 Å². The Hall–Kier alpha value is -2.83. The number of benzene rings is 2. The van der Waals surface area contributed by atoms with Crippen LogP contribution in [0.2, 0.25) is 5.02 Å². The van der Waals surface area contributed by atoms with Gasteiger partial charge in [-0.2, -0.15) is 0 Å². The summed E-state index contributed by atoms with van der Waals surface area (Å²) in [5.41, 5.74) is 2.31. The lowest BCUT2D eigenvalue weighted by Crippen LogP contribution is -2.31. The molecule has 0 saturated carbocycles. The van der Waals surface area contributed by atoms with Gasteiger partial charge in [0.25, 0.3) is 11.7 Å². The molecule has 3 rings (SSSR count). The first-order valence-corrected chi connectivity index (χ1v) is 11.1. The van der Waals surface area contributed by atoms with Crippen LogP contribution in [0.25, 0.3) is 5.76 Å². The van der Waals surface area contributed by atoms with Crippen LogP contribution in [0, 0.1) is 0 Å². The molecule has 1 atom stereocenters. The number of rotatable bonds is 9. The van der Waals surface area contributed by atoms with E-state index in [0.717, 1.165) is 17.5 Å². The maximum Gasteiger partial charge on any atom is 0.295 e. The topological polar surface area (TPSA) is 76.1 Å². The zero-order valence-electron chi connectivity index (χ0n) is 18.6. The van der Waals surface area contributed by atoms with E-state index in [9.17, 15) is 14.7 Å². The number of nitrogens with zero attached hydrogens (tertiary/aromatic N) is 1. The Kier molecular flexibility index (Phi) is 7.94. The first-order chi connectivity index (χ1) is 15.4. The third-order valence-electron chi connectivity index (χ3n) is 5.50. The molecule has 2 aromatic rings. The number of carbonyl (C=O) groups is 2. The van der Waals surface area contributed by atoms with Gasteiger partial charge in [-0.05, 0) is 49.1 Å². The molecule has 2 aromatic carbocycles. The van der Waals surface area contributed by atoms with Crippen LogP contribution in [0.1, 0.15) is 43.0 Å². The monoisotopic (exact) mass is 457 g/mol. The van der Waals surface area contributed by atoms with Crippen LogP contribution >= 0.6 is 11.6 Å². The van der Waals surface area contributed by atoms with Crippen LogP contribution in [0.3, 0.4) is 0 Å². The van der Waals surface area contributed by atoms with Crippen molar-refractivity contribution in [2.24, 2.45) is 0 Å². The van der Waals surface area contributed by atoms with E-state index in [1.54, 1.807) is 19.2 Å². The highest BCUT2D eigenvalue weighted by atomic mass is 35.5. The number of aliphatic hydroxyl groups is 1. The van der Waals surface area contributed by atoms with Crippen LogP contribution in [-0.4, -0.2) is 48.6 Å². The largest absolute Gasteiger partial charge is 0.507 e. The van der Waals surface area contributed by atoms with E-state index in [4.69, 9.17) is 21.1 Å². The fourth-order valence-electron chi connectivity index (χ4n) is 3.85. The summed E-state index contributed by atoms with van der Waals surface area (Å²) in [6.07, 6.45) is 1.45. The van der Waals surface area contributed by atoms with Gasteiger partial charge in [-0.25, -0.2) is 0 Å². The summed E-state index contributed by atoms with van der Waals surface area (Å²) in [5, 5.41) is 11.4. The van der Waals surface area contributed by atoms with Crippen molar-refractivity contribution in [2.45, 2.75) is 32.7 Å². The lowest BCUT2D eigenvalue weighted by Gasteiger charge is -2.25. The second-order valence-electron chi connectivity index (χ2n) is 7.51. The highest BCUT2D eigenvalue weighted by Crippen LogP contribution is 2.40. The third kappa shape index (κ3) is 4.81. The summed E-state index contributed by atoms with van der Waals surface area (Å²) in [4.78, 5) is 27.4. The number of halogens is 1. The lowest BCUT2D eigenvalue weighted by atomic mass is 9.94. The average Bonchev–Trinajstić information content (AvgIpc) is 3.05. The van der Waals surface area contributed by atoms with Gasteiger partial charge in [-0.3, -0.25) is 9.59 Å². The van der Waals surface area contributed by atoms with Crippen molar-refractivity contribution in [1.29, 1.82) is 0 Å². The fraction of sp³-hybridized carbons (Fsp3) is 0.360. The van der Waals surface area contributed by atoms with Crippen LogP contribution in [0.4, 0.5) is 0 Å². The van der Waals surface area contributed by atoms with E-state index in [-0.39, 0.29) is 11.3 Å². The number of aliphatic hydroxyl groups excluding tert-OH is 1. The van der Waals surface area contributed by atoms with Crippen molar-refractivity contribution in [3.8, 4) is 5.75 Å².